The molecule has 0 aliphatic carbocycles. The highest BCUT2D eigenvalue weighted by Gasteiger charge is 2.05. The molecule has 3 nitrogen and oxygen atoms in total. The Morgan fingerprint density at radius 1 is 1.05 bits per heavy atom. The van der Waals surface area contributed by atoms with Gasteiger partial charge in [-0.05, 0) is 60.1 Å². The summed E-state index contributed by atoms with van der Waals surface area (Å²) < 4.78 is 0.721. The minimum Gasteiger partial charge on any atom is -0.506 e. The fraction of sp³-hybridized carbons (Fsp3) is 0.294. The molecular weight excluding hydrogens is 328 g/mol. The maximum atomic E-state index is 9.96. The summed E-state index contributed by atoms with van der Waals surface area (Å²) in [4.78, 5) is 2.31. The minimum absolute atomic E-state index is 0.296. The van der Waals surface area contributed by atoms with E-state index in [1.807, 2.05) is 18.2 Å². The number of nitrogens with zero attached hydrogens (tertiary/aromatic N) is 1. The van der Waals surface area contributed by atoms with E-state index in [4.69, 9.17) is 0 Å². The number of hydrogen-bond acceptors (Lipinski definition) is 3. The highest BCUT2D eigenvalue weighted by molar-refractivity contribution is 9.10. The molecule has 0 aliphatic rings. The van der Waals surface area contributed by atoms with Gasteiger partial charge in [-0.1, -0.05) is 12.1 Å². The number of hydrogen-bond donors (Lipinski definition) is 2. The number of phenolic OH excluding ortho intramolecular Hbond substituents is 1. The van der Waals surface area contributed by atoms with Gasteiger partial charge in [-0.25, -0.2) is 0 Å². The van der Waals surface area contributed by atoms with Gasteiger partial charge in [-0.15, -0.1) is 0 Å². The van der Waals surface area contributed by atoms with Gasteiger partial charge in [0.05, 0.1) is 4.47 Å². The minimum atomic E-state index is 0.296. The lowest BCUT2D eigenvalue weighted by molar-refractivity contribution is 0.465. The van der Waals surface area contributed by atoms with E-state index in [1.54, 1.807) is 0 Å². The quantitative estimate of drug-likeness (QED) is 0.799. The second kappa shape index (κ2) is 7.36. The molecule has 2 rings (SSSR count). The van der Waals surface area contributed by atoms with Gasteiger partial charge < -0.3 is 15.3 Å². The molecule has 0 radical (unpaired) electrons. The van der Waals surface area contributed by atoms with E-state index in [0.717, 1.165) is 28.8 Å². The molecule has 2 aromatic carbocycles. The molecule has 0 saturated carbocycles. The molecule has 21 heavy (non-hydrogen) atoms. The summed E-state index contributed by atoms with van der Waals surface area (Å²) in [7, 11) is 0. The molecule has 0 atom stereocenters. The first kappa shape index (κ1) is 15.7. The van der Waals surface area contributed by atoms with Gasteiger partial charge in [0.2, 0.25) is 0 Å². The second-order valence-corrected chi connectivity index (χ2v) is 5.67. The fourth-order valence-electron chi connectivity index (χ4n) is 2.28. The maximum Gasteiger partial charge on any atom is 0.134 e. The summed E-state index contributed by atoms with van der Waals surface area (Å²) in [5.74, 6) is 0.296. The van der Waals surface area contributed by atoms with Gasteiger partial charge in [0, 0.05) is 36.6 Å². The average molecular weight is 349 g/mol. The Morgan fingerprint density at radius 3 is 2.33 bits per heavy atom. The lowest BCUT2D eigenvalue weighted by Gasteiger charge is -2.21. The number of rotatable bonds is 6. The van der Waals surface area contributed by atoms with Crippen molar-refractivity contribution >= 4 is 27.3 Å². The Labute approximate surface area is 134 Å². The number of para-hydroxylation sites is 1. The highest BCUT2D eigenvalue weighted by atomic mass is 79.9. The summed E-state index contributed by atoms with van der Waals surface area (Å²) in [6, 6.07) is 14.1. The third-order valence-corrected chi connectivity index (χ3v) is 4.19. The van der Waals surface area contributed by atoms with Crippen LogP contribution in [-0.2, 0) is 6.54 Å². The zero-order valence-corrected chi connectivity index (χ0v) is 14.0. The van der Waals surface area contributed by atoms with Crippen molar-refractivity contribution in [2.75, 3.05) is 23.3 Å². The van der Waals surface area contributed by atoms with E-state index in [2.05, 4.69) is 64.3 Å². The Kier molecular flexibility index (Phi) is 5.51. The lowest BCUT2D eigenvalue weighted by atomic mass is 10.2. The SMILES string of the molecule is CCN(CC)c1ccc(NCc2cccc(Br)c2O)cc1. The molecule has 0 aliphatic heterocycles. The van der Waals surface area contributed by atoms with Crippen molar-refractivity contribution in [3.05, 3.63) is 52.5 Å². The number of aromatic hydroxyl groups is 1. The number of nitrogens with one attached hydrogen (secondary N) is 1. The van der Waals surface area contributed by atoms with E-state index in [1.165, 1.54) is 5.69 Å². The van der Waals surface area contributed by atoms with E-state index in [0.29, 0.717) is 12.3 Å². The van der Waals surface area contributed by atoms with Crippen molar-refractivity contribution in [3.8, 4) is 5.75 Å². The summed E-state index contributed by atoms with van der Waals surface area (Å²) in [5.41, 5.74) is 3.15. The molecule has 0 amide bonds. The smallest absolute Gasteiger partial charge is 0.134 e. The van der Waals surface area contributed by atoms with Crippen LogP contribution in [0.15, 0.2) is 46.9 Å². The van der Waals surface area contributed by atoms with Crippen LogP contribution in [0.4, 0.5) is 11.4 Å². The van der Waals surface area contributed by atoms with Gasteiger partial charge in [0.15, 0.2) is 0 Å². The van der Waals surface area contributed by atoms with Crippen LogP contribution in [0.3, 0.4) is 0 Å². The van der Waals surface area contributed by atoms with Crippen molar-refractivity contribution < 1.29 is 5.11 Å². The van der Waals surface area contributed by atoms with Crippen molar-refractivity contribution in [1.29, 1.82) is 0 Å². The van der Waals surface area contributed by atoms with Crippen LogP contribution in [0, 0.1) is 0 Å². The maximum absolute atomic E-state index is 9.96. The number of halogens is 1. The first-order valence-corrected chi connectivity index (χ1v) is 8.00. The predicted octanol–water partition coefficient (Wildman–Crippen LogP) is 4.61. The largest absolute Gasteiger partial charge is 0.506 e. The van der Waals surface area contributed by atoms with Crippen LogP contribution in [0.1, 0.15) is 19.4 Å². The summed E-state index contributed by atoms with van der Waals surface area (Å²) in [6.07, 6.45) is 0. The number of benzene rings is 2. The zero-order chi connectivity index (χ0) is 15.2. The van der Waals surface area contributed by atoms with Crippen LogP contribution >= 0.6 is 15.9 Å². The molecule has 2 aromatic rings. The van der Waals surface area contributed by atoms with E-state index in [9.17, 15) is 5.11 Å². The standard InChI is InChI=1S/C17H21BrN2O/c1-3-20(4-2)15-10-8-14(9-11-15)19-12-13-6-5-7-16(18)17(13)21/h5-11,19,21H,3-4,12H2,1-2H3. The first-order chi connectivity index (χ1) is 10.2. The van der Waals surface area contributed by atoms with Crippen LogP contribution in [0.25, 0.3) is 0 Å². The monoisotopic (exact) mass is 348 g/mol. The summed E-state index contributed by atoms with van der Waals surface area (Å²) >= 11 is 3.33. The topological polar surface area (TPSA) is 35.5 Å². The van der Waals surface area contributed by atoms with E-state index >= 15 is 0 Å². The van der Waals surface area contributed by atoms with Crippen molar-refractivity contribution in [1.82, 2.24) is 0 Å². The Hall–Kier alpha value is -1.68. The normalized spacial score (nSPS) is 10.4. The molecule has 0 aromatic heterocycles. The second-order valence-electron chi connectivity index (χ2n) is 4.82. The van der Waals surface area contributed by atoms with Gasteiger partial charge in [0.25, 0.3) is 0 Å². The predicted molar refractivity (Wildman–Crippen MR) is 93.1 cm³/mol. The number of anilines is 2. The molecule has 0 unspecified atom stereocenters. The van der Waals surface area contributed by atoms with Gasteiger partial charge in [-0.2, -0.15) is 0 Å². The van der Waals surface area contributed by atoms with Gasteiger partial charge in [0.1, 0.15) is 5.75 Å². The van der Waals surface area contributed by atoms with Crippen LogP contribution < -0.4 is 10.2 Å². The lowest BCUT2D eigenvalue weighted by Crippen LogP contribution is -2.21. The van der Waals surface area contributed by atoms with Gasteiger partial charge in [-0.3, -0.25) is 0 Å². The molecule has 0 saturated heterocycles. The third-order valence-electron chi connectivity index (χ3n) is 3.55. The molecule has 4 heteroatoms. The van der Waals surface area contributed by atoms with Crippen molar-refractivity contribution in [2.45, 2.75) is 20.4 Å². The van der Waals surface area contributed by atoms with Crippen molar-refractivity contribution in [2.24, 2.45) is 0 Å². The Balaban J connectivity index is 2.02. The molecule has 0 spiro atoms. The Morgan fingerprint density at radius 2 is 1.71 bits per heavy atom. The molecular formula is C17H21BrN2O. The summed E-state index contributed by atoms with van der Waals surface area (Å²) in [6.45, 7) is 6.93. The third kappa shape index (κ3) is 3.91. The van der Waals surface area contributed by atoms with Crippen LogP contribution in [0.5, 0.6) is 5.75 Å². The van der Waals surface area contributed by atoms with Crippen LogP contribution in [0.2, 0.25) is 0 Å². The molecule has 0 heterocycles. The molecule has 112 valence electrons. The van der Waals surface area contributed by atoms with Crippen molar-refractivity contribution in [3.63, 3.8) is 0 Å². The number of phenols is 1. The highest BCUT2D eigenvalue weighted by Crippen LogP contribution is 2.28. The molecule has 2 N–H and O–H groups in total. The zero-order valence-electron chi connectivity index (χ0n) is 12.4. The average Bonchev–Trinajstić information content (AvgIpc) is 2.51. The summed E-state index contributed by atoms with van der Waals surface area (Å²) in [5, 5.41) is 13.3. The van der Waals surface area contributed by atoms with E-state index < -0.39 is 0 Å². The first-order valence-electron chi connectivity index (χ1n) is 7.21. The molecule has 0 bridgehead atoms. The molecule has 0 fully saturated rings. The Bertz CT molecular complexity index is 580. The van der Waals surface area contributed by atoms with E-state index in [-0.39, 0.29) is 0 Å². The van der Waals surface area contributed by atoms with Crippen LogP contribution in [-0.4, -0.2) is 18.2 Å². The van der Waals surface area contributed by atoms with Gasteiger partial charge >= 0.3 is 0 Å². The fourth-order valence-corrected chi connectivity index (χ4v) is 2.69.